The normalized spacial score (nSPS) is 14.3. The van der Waals surface area contributed by atoms with Gasteiger partial charge in [0.05, 0.1) is 11.5 Å². The summed E-state index contributed by atoms with van der Waals surface area (Å²) in [4.78, 5) is 24.4. The maximum Gasteiger partial charge on any atom is 0.261 e. The lowest BCUT2D eigenvalue weighted by molar-refractivity contribution is -0.121. The quantitative estimate of drug-likeness (QED) is 0.489. The minimum Gasteiger partial charge on any atom is -0.494 e. The maximum atomic E-state index is 12.6. The van der Waals surface area contributed by atoms with E-state index in [4.69, 9.17) is 4.74 Å². The van der Waals surface area contributed by atoms with Crippen molar-refractivity contribution in [1.29, 1.82) is 0 Å². The Labute approximate surface area is 195 Å². The van der Waals surface area contributed by atoms with Crippen LogP contribution in [0.25, 0.3) is 0 Å². The second kappa shape index (κ2) is 11.7. The van der Waals surface area contributed by atoms with Gasteiger partial charge in [-0.25, -0.2) is 8.42 Å². The van der Waals surface area contributed by atoms with Crippen LogP contribution in [0.5, 0.6) is 5.75 Å². The van der Waals surface area contributed by atoms with Crippen molar-refractivity contribution in [3.8, 4) is 5.75 Å². The van der Waals surface area contributed by atoms with E-state index < -0.39 is 10.0 Å². The minimum absolute atomic E-state index is 0.0415. The number of nitrogens with one attached hydrogen (secondary N) is 3. The van der Waals surface area contributed by atoms with Crippen molar-refractivity contribution in [3.05, 3.63) is 54.1 Å². The zero-order valence-electron chi connectivity index (χ0n) is 18.8. The number of hydrogen-bond donors (Lipinski definition) is 3. The molecule has 0 unspecified atom stereocenters. The Morgan fingerprint density at radius 3 is 2.27 bits per heavy atom. The van der Waals surface area contributed by atoms with Crippen molar-refractivity contribution in [2.45, 2.75) is 56.4 Å². The van der Waals surface area contributed by atoms with Crippen LogP contribution in [0, 0.1) is 0 Å². The van der Waals surface area contributed by atoms with Gasteiger partial charge in [0.1, 0.15) is 5.75 Å². The van der Waals surface area contributed by atoms with Gasteiger partial charge in [-0.15, -0.1) is 0 Å². The molecular formula is C24H31N3O5S. The van der Waals surface area contributed by atoms with Crippen LogP contribution in [0.1, 0.15) is 55.8 Å². The first-order valence-corrected chi connectivity index (χ1v) is 12.8. The van der Waals surface area contributed by atoms with Crippen molar-refractivity contribution < 1.29 is 22.7 Å². The Kier molecular flexibility index (Phi) is 8.71. The van der Waals surface area contributed by atoms with Crippen LogP contribution >= 0.6 is 0 Å². The van der Waals surface area contributed by atoms with Crippen LogP contribution in [-0.4, -0.2) is 39.4 Å². The van der Waals surface area contributed by atoms with Gasteiger partial charge in [-0.3, -0.25) is 14.3 Å². The first-order chi connectivity index (χ1) is 15.9. The molecule has 0 atom stereocenters. The molecule has 1 fully saturated rings. The molecular weight excluding hydrogens is 442 g/mol. The van der Waals surface area contributed by atoms with Crippen LogP contribution < -0.4 is 20.1 Å². The number of ether oxygens (including phenoxy) is 1. The Balaban J connectivity index is 1.48. The third-order valence-corrected chi connectivity index (χ3v) is 6.85. The van der Waals surface area contributed by atoms with Crippen LogP contribution in [0.15, 0.2) is 53.4 Å². The predicted molar refractivity (Wildman–Crippen MR) is 127 cm³/mol. The molecule has 0 saturated heterocycles. The predicted octanol–water partition coefficient (Wildman–Crippen LogP) is 3.45. The standard InChI is InChI=1S/C24H31N3O5S/c1-2-32-21-12-10-20(11-13-21)27-33(30,31)22-14-8-18(9-15-22)24(29)25-17-16-23(28)26-19-6-4-3-5-7-19/h8-15,19,27H,2-7,16-17H2,1H3,(H,25,29)(H,26,28). The Hall–Kier alpha value is -3.07. The van der Waals surface area contributed by atoms with E-state index in [9.17, 15) is 18.0 Å². The van der Waals surface area contributed by atoms with Crippen molar-refractivity contribution >= 4 is 27.5 Å². The highest BCUT2D eigenvalue weighted by Crippen LogP contribution is 2.20. The van der Waals surface area contributed by atoms with E-state index >= 15 is 0 Å². The third-order valence-electron chi connectivity index (χ3n) is 5.45. The van der Waals surface area contributed by atoms with Gasteiger partial charge in [0.15, 0.2) is 0 Å². The molecule has 2 amide bonds. The average molecular weight is 474 g/mol. The lowest BCUT2D eigenvalue weighted by Crippen LogP contribution is -2.38. The number of carbonyl (C=O) groups excluding carboxylic acids is 2. The average Bonchev–Trinajstić information content (AvgIpc) is 2.81. The zero-order chi connectivity index (χ0) is 23.7. The molecule has 0 heterocycles. The number of anilines is 1. The molecule has 33 heavy (non-hydrogen) atoms. The van der Waals surface area contributed by atoms with Gasteiger partial charge >= 0.3 is 0 Å². The van der Waals surface area contributed by atoms with Crippen LogP contribution in [0.2, 0.25) is 0 Å². The SMILES string of the molecule is CCOc1ccc(NS(=O)(=O)c2ccc(C(=O)NCCC(=O)NC3CCCCC3)cc2)cc1. The summed E-state index contributed by atoms with van der Waals surface area (Å²) in [5.74, 6) is 0.232. The van der Waals surface area contributed by atoms with Gasteiger partial charge in [0.25, 0.3) is 15.9 Å². The molecule has 0 aromatic heterocycles. The number of rotatable bonds is 10. The van der Waals surface area contributed by atoms with Crippen molar-refractivity contribution in [1.82, 2.24) is 10.6 Å². The van der Waals surface area contributed by atoms with E-state index in [0.29, 0.717) is 23.6 Å². The van der Waals surface area contributed by atoms with Crippen molar-refractivity contribution in [2.24, 2.45) is 0 Å². The summed E-state index contributed by atoms with van der Waals surface area (Å²) in [5, 5.41) is 5.72. The Morgan fingerprint density at radius 1 is 0.970 bits per heavy atom. The van der Waals surface area contributed by atoms with Gasteiger partial charge in [0, 0.05) is 30.3 Å². The molecule has 1 saturated carbocycles. The fourth-order valence-electron chi connectivity index (χ4n) is 3.72. The van der Waals surface area contributed by atoms with Gasteiger partial charge in [-0.2, -0.15) is 0 Å². The number of benzene rings is 2. The van der Waals surface area contributed by atoms with E-state index in [1.54, 1.807) is 24.3 Å². The van der Waals surface area contributed by atoms with Crippen LogP contribution in [-0.2, 0) is 14.8 Å². The number of carbonyl (C=O) groups is 2. The molecule has 0 aliphatic heterocycles. The molecule has 8 nitrogen and oxygen atoms in total. The smallest absolute Gasteiger partial charge is 0.261 e. The molecule has 178 valence electrons. The first kappa shape index (κ1) is 24.6. The van der Waals surface area contributed by atoms with E-state index in [0.717, 1.165) is 25.7 Å². The lowest BCUT2D eigenvalue weighted by Gasteiger charge is -2.22. The third kappa shape index (κ3) is 7.49. The number of hydrogen-bond acceptors (Lipinski definition) is 5. The van der Waals surface area contributed by atoms with Crippen molar-refractivity contribution in [3.63, 3.8) is 0 Å². The molecule has 0 spiro atoms. The van der Waals surface area contributed by atoms with E-state index in [-0.39, 0.29) is 35.7 Å². The van der Waals surface area contributed by atoms with E-state index in [1.165, 1.54) is 30.7 Å². The Bertz CT molecular complexity index is 1030. The summed E-state index contributed by atoms with van der Waals surface area (Å²) in [7, 11) is -3.80. The highest BCUT2D eigenvalue weighted by atomic mass is 32.2. The summed E-state index contributed by atoms with van der Waals surface area (Å²) in [5.41, 5.74) is 0.731. The fourth-order valence-corrected chi connectivity index (χ4v) is 4.78. The maximum absolute atomic E-state index is 12.6. The van der Waals surface area contributed by atoms with Gasteiger partial charge in [-0.1, -0.05) is 19.3 Å². The van der Waals surface area contributed by atoms with E-state index in [1.807, 2.05) is 6.92 Å². The van der Waals surface area contributed by atoms with Gasteiger partial charge < -0.3 is 15.4 Å². The van der Waals surface area contributed by atoms with Crippen LogP contribution in [0.4, 0.5) is 5.69 Å². The largest absolute Gasteiger partial charge is 0.494 e. The van der Waals surface area contributed by atoms with E-state index in [2.05, 4.69) is 15.4 Å². The molecule has 2 aromatic rings. The highest BCUT2D eigenvalue weighted by molar-refractivity contribution is 7.92. The van der Waals surface area contributed by atoms with Crippen LogP contribution in [0.3, 0.4) is 0 Å². The number of amides is 2. The fraction of sp³-hybridized carbons (Fsp3) is 0.417. The summed E-state index contributed by atoms with van der Waals surface area (Å²) in [6.07, 6.45) is 5.74. The lowest BCUT2D eigenvalue weighted by atomic mass is 9.95. The second-order valence-corrected chi connectivity index (χ2v) is 9.68. The summed E-state index contributed by atoms with van der Waals surface area (Å²) < 4.78 is 33.1. The molecule has 3 N–H and O–H groups in total. The zero-order valence-corrected chi connectivity index (χ0v) is 19.6. The number of sulfonamides is 1. The second-order valence-electron chi connectivity index (χ2n) is 8.00. The molecule has 9 heteroatoms. The molecule has 2 aromatic carbocycles. The molecule has 3 rings (SSSR count). The highest BCUT2D eigenvalue weighted by Gasteiger charge is 2.17. The van der Waals surface area contributed by atoms with Gasteiger partial charge in [0.2, 0.25) is 5.91 Å². The summed E-state index contributed by atoms with van der Waals surface area (Å²) in [6, 6.07) is 12.5. The Morgan fingerprint density at radius 2 is 1.64 bits per heavy atom. The monoisotopic (exact) mass is 473 g/mol. The molecule has 1 aliphatic carbocycles. The summed E-state index contributed by atoms with van der Waals surface area (Å²) >= 11 is 0. The van der Waals surface area contributed by atoms with Gasteiger partial charge in [-0.05, 0) is 68.3 Å². The molecule has 0 bridgehead atoms. The molecule has 1 aliphatic rings. The summed E-state index contributed by atoms with van der Waals surface area (Å²) in [6.45, 7) is 2.62. The molecule has 0 radical (unpaired) electrons. The van der Waals surface area contributed by atoms with Crippen molar-refractivity contribution in [2.75, 3.05) is 17.9 Å². The first-order valence-electron chi connectivity index (χ1n) is 11.3. The minimum atomic E-state index is -3.80. The topological polar surface area (TPSA) is 114 Å².